The number of para-hydroxylation sites is 1. The lowest BCUT2D eigenvalue weighted by Gasteiger charge is -2.59. The highest BCUT2D eigenvalue weighted by Crippen LogP contribution is 2.43. The fourth-order valence-electron chi connectivity index (χ4n) is 4.59. The van der Waals surface area contributed by atoms with Gasteiger partial charge in [0, 0.05) is 19.0 Å². The molecular weight excluding hydrogens is 382 g/mol. The number of carbonyl (C=O) groups excluding carboxylic acids is 1. The van der Waals surface area contributed by atoms with Crippen molar-refractivity contribution >= 4 is 23.3 Å². The van der Waals surface area contributed by atoms with Gasteiger partial charge in [0.15, 0.2) is 0 Å². The van der Waals surface area contributed by atoms with Crippen molar-refractivity contribution in [3.05, 3.63) is 89.4 Å². The number of nitrogens with one attached hydrogen (secondary N) is 2. The average molecular weight is 404 g/mol. The Hall–Kier alpha value is -2.82. The van der Waals surface area contributed by atoms with E-state index in [4.69, 9.17) is 11.6 Å². The largest absolute Gasteiger partial charge is 0.322 e. The first-order valence-corrected chi connectivity index (χ1v) is 10.3. The molecule has 3 aromatic carbocycles. The lowest BCUT2D eigenvalue weighted by atomic mass is 9.72. The van der Waals surface area contributed by atoms with E-state index in [0.717, 1.165) is 13.1 Å². The van der Waals surface area contributed by atoms with Crippen molar-refractivity contribution < 1.29 is 4.79 Å². The molecule has 2 amide bonds. The summed E-state index contributed by atoms with van der Waals surface area (Å²) in [5.74, 6) is 0.359. The van der Waals surface area contributed by atoms with Gasteiger partial charge in [-0.25, -0.2) is 4.79 Å². The van der Waals surface area contributed by atoms with Crippen molar-refractivity contribution in [3.8, 4) is 11.1 Å². The van der Waals surface area contributed by atoms with Gasteiger partial charge in [0.1, 0.15) is 0 Å². The fourth-order valence-corrected chi connectivity index (χ4v) is 4.78. The minimum Gasteiger partial charge on any atom is -0.315 e. The maximum absolute atomic E-state index is 12.9. The summed E-state index contributed by atoms with van der Waals surface area (Å²) in [6.07, 6.45) is 0. The quantitative estimate of drug-likeness (QED) is 0.647. The number of halogens is 1. The Morgan fingerprint density at radius 2 is 1.48 bits per heavy atom. The van der Waals surface area contributed by atoms with Crippen LogP contribution >= 0.6 is 11.6 Å². The van der Waals surface area contributed by atoms with Gasteiger partial charge in [-0.05, 0) is 28.8 Å². The van der Waals surface area contributed by atoms with Crippen molar-refractivity contribution in [3.63, 3.8) is 0 Å². The minimum atomic E-state index is -0.0771. The van der Waals surface area contributed by atoms with Crippen molar-refractivity contribution in [2.24, 2.45) is 0 Å². The van der Waals surface area contributed by atoms with E-state index < -0.39 is 0 Å². The fraction of sp³-hybridized carbons (Fsp3) is 0.208. The maximum Gasteiger partial charge on any atom is 0.322 e. The third-order valence-corrected chi connectivity index (χ3v) is 6.33. The first-order valence-electron chi connectivity index (χ1n) is 9.92. The Morgan fingerprint density at radius 3 is 2.17 bits per heavy atom. The van der Waals surface area contributed by atoms with Crippen LogP contribution in [-0.4, -0.2) is 36.1 Å². The highest BCUT2D eigenvalue weighted by Gasteiger charge is 2.53. The predicted molar refractivity (Wildman–Crippen MR) is 117 cm³/mol. The van der Waals surface area contributed by atoms with E-state index >= 15 is 0 Å². The van der Waals surface area contributed by atoms with E-state index in [9.17, 15) is 4.79 Å². The molecule has 0 spiro atoms. The topological polar surface area (TPSA) is 44.4 Å². The summed E-state index contributed by atoms with van der Waals surface area (Å²) in [5, 5.41) is 6.96. The van der Waals surface area contributed by atoms with E-state index in [1.807, 2.05) is 29.2 Å². The zero-order valence-electron chi connectivity index (χ0n) is 15.9. The van der Waals surface area contributed by atoms with Crippen molar-refractivity contribution in [1.29, 1.82) is 0 Å². The Kier molecular flexibility index (Phi) is 4.74. The second kappa shape index (κ2) is 7.54. The van der Waals surface area contributed by atoms with Crippen LogP contribution in [0, 0.1) is 0 Å². The van der Waals surface area contributed by atoms with E-state index in [1.54, 1.807) is 6.07 Å². The first-order chi connectivity index (χ1) is 14.2. The minimum absolute atomic E-state index is 0.0771. The van der Waals surface area contributed by atoms with Gasteiger partial charge in [-0.2, -0.15) is 0 Å². The molecule has 2 saturated heterocycles. The van der Waals surface area contributed by atoms with Crippen LogP contribution in [0.25, 0.3) is 11.1 Å². The average Bonchev–Trinajstić information content (AvgIpc) is 2.77. The Morgan fingerprint density at radius 1 is 0.862 bits per heavy atom. The van der Waals surface area contributed by atoms with Gasteiger partial charge in [0.05, 0.1) is 22.8 Å². The van der Waals surface area contributed by atoms with Crippen LogP contribution in [0.5, 0.6) is 0 Å². The molecule has 2 bridgehead atoms. The molecule has 2 N–H and O–H groups in total. The molecule has 2 aliphatic heterocycles. The summed E-state index contributed by atoms with van der Waals surface area (Å²) in [7, 11) is 0. The van der Waals surface area contributed by atoms with Gasteiger partial charge in [0.25, 0.3) is 0 Å². The van der Waals surface area contributed by atoms with Gasteiger partial charge >= 0.3 is 6.03 Å². The monoisotopic (exact) mass is 403 g/mol. The molecule has 0 aliphatic carbocycles. The molecule has 4 nitrogen and oxygen atoms in total. The number of piperidine rings is 1. The maximum atomic E-state index is 12.9. The zero-order valence-corrected chi connectivity index (χ0v) is 16.6. The molecule has 2 heterocycles. The molecule has 2 fully saturated rings. The van der Waals surface area contributed by atoms with Crippen molar-refractivity contribution in [2.45, 2.75) is 18.0 Å². The highest BCUT2D eigenvalue weighted by molar-refractivity contribution is 6.33. The van der Waals surface area contributed by atoms with Crippen LogP contribution in [0.3, 0.4) is 0 Å². The Labute approximate surface area is 175 Å². The van der Waals surface area contributed by atoms with Gasteiger partial charge in [-0.1, -0.05) is 78.3 Å². The SMILES string of the molecule is O=C(Nc1ccccc1Cl)N1[C@@H]2CNC[C@H]1C2c1ccc(-c2ccccc2)cc1. The summed E-state index contributed by atoms with van der Waals surface area (Å²) in [4.78, 5) is 14.9. The van der Waals surface area contributed by atoms with Crippen LogP contribution in [-0.2, 0) is 0 Å². The first kappa shape index (κ1) is 18.2. The highest BCUT2D eigenvalue weighted by atomic mass is 35.5. The predicted octanol–water partition coefficient (Wildman–Crippen LogP) is 4.98. The normalized spacial score (nSPS) is 22.7. The molecule has 29 heavy (non-hydrogen) atoms. The number of carbonyl (C=O) groups is 1. The summed E-state index contributed by atoms with van der Waals surface area (Å²) in [5.41, 5.74) is 4.38. The second-order valence-corrected chi connectivity index (χ2v) is 8.03. The Balaban J connectivity index is 1.33. The second-order valence-electron chi connectivity index (χ2n) is 7.62. The lowest BCUT2D eigenvalue weighted by molar-refractivity contribution is 0.00202. The third-order valence-electron chi connectivity index (χ3n) is 6.00. The summed E-state index contributed by atoms with van der Waals surface area (Å²) < 4.78 is 0. The van der Waals surface area contributed by atoms with Gasteiger partial charge in [-0.3, -0.25) is 0 Å². The molecule has 5 heteroatoms. The lowest BCUT2D eigenvalue weighted by Crippen LogP contribution is -2.74. The number of fused-ring (bicyclic) bond motifs is 2. The number of nitrogens with zero attached hydrogens (tertiary/aromatic N) is 1. The van der Waals surface area contributed by atoms with Crippen LogP contribution in [0.15, 0.2) is 78.9 Å². The van der Waals surface area contributed by atoms with E-state index in [2.05, 4.69) is 59.2 Å². The molecule has 146 valence electrons. The number of anilines is 1. The molecular formula is C24H22ClN3O. The summed E-state index contributed by atoms with van der Waals surface area (Å²) in [6.45, 7) is 1.61. The molecule has 0 radical (unpaired) electrons. The molecule has 5 rings (SSSR count). The summed E-state index contributed by atoms with van der Waals surface area (Å²) in [6, 6.07) is 26.7. The number of piperazine rings is 1. The molecule has 3 aromatic rings. The number of hydrogen-bond donors (Lipinski definition) is 2. The van der Waals surface area contributed by atoms with Crippen LogP contribution in [0.2, 0.25) is 5.02 Å². The zero-order chi connectivity index (χ0) is 19.8. The van der Waals surface area contributed by atoms with Crippen molar-refractivity contribution in [2.75, 3.05) is 18.4 Å². The van der Waals surface area contributed by atoms with Gasteiger partial charge < -0.3 is 15.5 Å². The molecule has 3 atom stereocenters. The van der Waals surface area contributed by atoms with Crippen LogP contribution in [0.4, 0.5) is 10.5 Å². The third kappa shape index (κ3) is 3.28. The number of urea groups is 1. The number of benzene rings is 3. The van der Waals surface area contributed by atoms with E-state index in [-0.39, 0.29) is 18.1 Å². The standard InChI is InChI=1S/C24H22ClN3O/c25-19-8-4-5-9-20(19)27-24(29)28-21-14-26-15-22(28)23(21)18-12-10-17(11-13-18)16-6-2-1-3-7-16/h1-13,21-23,26H,14-15H2,(H,27,29)/t21-,22+,23?. The molecule has 1 unspecified atom stereocenters. The molecule has 2 aliphatic rings. The Bertz CT molecular complexity index is 1010. The smallest absolute Gasteiger partial charge is 0.315 e. The van der Waals surface area contributed by atoms with Crippen LogP contribution in [0.1, 0.15) is 11.5 Å². The van der Waals surface area contributed by atoms with Gasteiger partial charge in [0.2, 0.25) is 0 Å². The number of rotatable bonds is 3. The van der Waals surface area contributed by atoms with Gasteiger partial charge in [-0.15, -0.1) is 0 Å². The molecule has 0 saturated carbocycles. The summed E-state index contributed by atoms with van der Waals surface area (Å²) >= 11 is 6.20. The van der Waals surface area contributed by atoms with Crippen molar-refractivity contribution in [1.82, 2.24) is 10.2 Å². The number of amides is 2. The molecule has 0 aromatic heterocycles. The van der Waals surface area contributed by atoms with E-state index in [1.165, 1.54) is 16.7 Å². The van der Waals surface area contributed by atoms with Crippen LogP contribution < -0.4 is 10.6 Å². The van der Waals surface area contributed by atoms with E-state index in [0.29, 0.717) is 16.6 Å². The number of hydrogen-bond acceptors (Lipinski definition) is 2.